The predicted octanol–water partition coefficient (Wildman–Crippen LogP) is 4.39. The number of benzene rings is 1. The molecule has 0 amide bonds. The fraction of sp³-hybridized carbons (Fsp3) is 0.267. The molecule has 0 aliphatic rings. The monoisotopic (exact) mass is 213 g/mol. The van der Waals surface area contributed by atoms with E-state index in [9.17, 15) is 0 Å². The van der Waals surface area contributed by atoms with Crippen LogP contribution in [0.4, 0.5) is 0 Å². The van der Waals surface area contributed by atoms with E-state index in [1.807, 2.05) is 32.2 Å². The zero-order valence-electron chi connectivity index (χ0n) is 10.5. The van der Waals surface area contributed by atoms with Crippen molar-refractivity contribution in [1.29, 1.82) is 0 Å². The van der Waals surface area contributed by atoms with Crippen LogP contribution in [-0.2, 0) is 0 Å². The van der Waals surface area contributed by atoms with E-state index in [0.29, 0.717) is 0 Å². The third-order valence-corrected chi connectivity index (χ3v) is 2.40. The first-order valence-corrected chi connectivity index (χ1v) is 5.76. The molecule has 2 rings (SSSR count). The lowest BCUT2D eigenvalue weighted by atomic mass is 10.00. The average Bonchev–Trinajstić information content (AvgIpc) is 2.33. The lowest BCUT2D eigenvalue weighted by molar-refractivity contribution is 1.28. The summed E-state index contributed by atoms with van der Waals surface area (Å²) in [6, 6.07) is 12.3. The molecule has 0 N–H and O–H groups in total. The minimum absolute atomic E-state index is 1.06. The number of nitrogens with zero attached hydrogens (tertiary/aromatic N) is 1. The highest BCUT2D eigenvalue weighted by molar-refractivity contribution is 5.67. The quantitative estimate of drug-likeness (QED) is 0.684. The van der Waals surface area contributed by atoms with Gasteiger partial charge in [-0.05, 0) is 37.1 Å². The largest absolute Gasteiger partial charge is 0.256 e. The first-order chi connectivity index (χ1) is 7.79. The maximum Gasteiger partial charge on any atom is 0.0707 e. The average molecular weight is 213 g/mol. The van der Waals surface area contributed by atoms with Gasteiger partial charge >= 0.3 is 0 Å². The summed E-state index contributed by atoms with van der Waals surface area (Å²) in [7, 11) is 0. The van der Waals surface area contributed by atoms with Crippen molar-refractivity contribution in [3.63, 3.8) is 0 Å². The molecule has 1 aromatic carbocycles. The zero-order valence-corrected chi connectivity index (χ0v) is 10.5. The molecule has 0 atom stereocenters. The Kier molecular flexibility index (Phi) is 4.71. The van der Waals surface area contributed by atoms with Gasteiger partial charge in [0.25, 0.3) is 0 Å². The number of aromatic nitrogens is 1. The molecule has 1 heteroatoms. The highest BCUT2D eigenvalue weighted by Crippen LogP contribution is 2.24. The molecule has 0 aliphatic carbocycles. The molecule has 84 valence electrons. The van der Waals surface area contributed by atoms with E-state index >= 15 is 0 Å². The second kappa shape index (κ2) is 6.06. The Morgan fingerprint density at radius 2 is 1.44 bits per heavy atom. The fourth-order valence-electron chi connectivity index (χ4n) is 1.73. The van der Waals surface area contributed by atoms with Gasteiger partial charge in [-0.3, -0.25) is 4.98 Å². The minimum Gasteiger partial charge on any atom is -0.256 e. The highest BCUT2D eigenvalue weighted by atomic mass is 14.7. The molecule has 0 spiro atoms. The van der Waals surface area contributed by atoms with Crippen molar-refractivity contribution in [3.05, 3.63) is 53.7 Å². The van der Waals surface area contributed by atoms with Gasteiger partial charge < -0.3 is 0 Å². The summed E-state index contributed by atoms with van der Waals surface area (Å²) >= 11 is 0. The smallest absolute Gasteiger partial charge is 0.0707 e. The van der Waals surface area contributed by atoms with Gasteiger partial charge in [-0.1, -0.05) is 38.1 Å². The van der Waals surface area contributed by atoms with Crippen molar-refractivity contribution in [2.24, 2.45) is 0 Å². The molecule has 1 heterocycles. The molecule has 0 saturated heterocycles. The van der Waals surface area contributed by atoms with Gasteiger partial charge in [0.1, 0.15) is 0 Å². The van der Waals surface area contributed by atoms with Crippen LogP contribution in [0.1, 0.15) is 25.0 Å². The van der Waals surface area contributed by atoms with Gasteiger partial charge in [-0.15, -0.1) is 0 Å². The topological polar surface area (TPSA) is 12.9 Å². The predicted molar refractivity (Wildman–Crippen MR) is 70.5 cm³/mol. The number of hydrogen-bond acceptors (Lipinski definition) is 1. The lowest BCUT2D eigenvalue weighted by Gasteiger charge is -2.07. The van der Waals surface area contributed by atoms with Gasteiger partial charge in [0.2, 0.25) is 0 Å². The molecule has 16 heavy (non-hydrogen) atoms. The number of hydrogen-bond donors (Lipinski definition) is 0. The molecule has 2 aromatic rings. The molecule has 1 nitrogen and oxygen atoms in total. The van der Waals surface area contributed by atoms with E-state index in [4.69, 9.17) is 0 Å². The Labute approximate surface area is 98.2 Å². The van der Waals surface area contributed by atoms with Crippen LogP contribution < -0.4 is 0 Å². The normalized spacial score (nSPS) is 9.25. The van der Waals surface area contributed by atoms with E-state index in [-0.39, 0.29) is 0 Å². The summed E-state index contributed by atoms with van der Waals surface area (Å²) in [5.41, 5.74) is 4.88. The van der Waals surface area contributed by atoms with Gasteiger partial charge in [-0.25, -0.2) is 0 Å². The van der Waals surface area contributed by atoms with Crippen molar-refractivity contribution < 1.29 is 0 Å². The summed E-state index contributed by atoms with van der Waals surface area (Å²) in [4.78, 5) is 4.37. The van der Waals surface area contributed by atoms with Crippen LogP contribution in [0.25, 0.3) is 11.3 Å². The van der Waals surface area contributed by atoms with E-state index in [1.54, 1.807) is 0 Å². The zero-order chi connectivity index (χ0) is 12.0. The SMILES string of the molecule is CC.Cc1cccc(C)c1-c1ccccn1. The standard InChI is InChI=1S/C13H13N.C2H6/c1-10-6-5-7-11(2)13(10)12-8-3-4-9-14-12;1-2/h3-9H,1-2H3;1-2H3. The second-order valence-corrected chi connectivity index (χ2v) is 3.48. The van der Waals surface area contributed by atoms with E-state index < -0.39 is 0 Å². The Balaban J connectivity index is 0.000000606. The van der Waals surface area contributed by atoms with E-state index in [0.717, 1.165) is 5.69 Å². The Morgan fingerprint density at radius 1 is 0.812 bits per heavy atom. The maximum atomic E-state index is 4.37. The van der Waals surface area contributed by atoms with Crippen LogP contribution in [0.3, 0.4) is 0 Å². The first-order valence-electron chi connectivity index (χ1n) is 5.76. The molecular formula is C15H19N. The number of aryl methyl sites for hydroxylation is 2. The Bertz CT molecular complexity index is 412. The summed E-state index contributed by atoms with van der Waals surface area (Å²) in [5.74, 6) is 0. The van der Waals surface area contributed by atoms with Crippen molar-refractivity contribution in [3.8, 4) is 11.3 Å². The molecular weight excluding hydrogens is 194 g/mol. The third-order valence-electron chi connectivity index (χ3n) is 2.40. The molecule has 1 aromatic heterocycles. The third kappa shape index (κ3) is 2.69. The molecule has 0 radical (unpaired) electrons. The summed E-state index contributed by atoms with van der Waals surface area (Å²) in [6.45, 7) is 8.24. The van der Waals surface area contributed by atoms with Crippen molar-refractivity contribution in [2.45, 2.75) is 27.7 Å². The van der Waals surface area contributed by atoms with Crippen LogP contribution in [0, 0.1) is 13.8 Å². The van der Waals surface area contributed by atoms with Gasteiger partial charge in [-0.2, -0.15) is 0 Å². The summed E-state index contributed by atoms with van der Waals surface area (Å²) in [5, 5.41) is 0. The molecule has 0 aliphatic heterocycles. The van der Waals surface area contributed by atoms with Crippen LogP contribution >= 0.6 is 0 Å². The maximum absolute atomic E-state index is 4.37. The van der Waals surface area contributed by atoms with Crippen molar-refractivity contribution >= 4 is 0 Å². The van der Waals surface area contributed by atoms with Crippen molar-refractivity contribution in [2.75, 3.05) is 0 Å². The van der Waals surface area contributed by atoms with Crippen molar-refractivity contribution in [1.82, 2.24) is 4.98 Å². The van der Waals surface area contributed by atoms with Crippen LogP contribution in [-0.4, -0.2) is 4.98 Å². The minimum atomic E-state index is 1.06. The Morgan fingerprint density at radius 3 is 1.94 bits per heavy atom. The lowest BCUT2D eigenvalue weighted by Crippen LogP contribution is -1.89. The summed E-state index contributed by atoms with van der Waals surface area (Å²) in [6.07, 6.45) is 1.83. The van der Waals surface area contributed by atoms with Crippen LogP contribution in [0.5, 0.6) is 0 Å². The molecule has 0 unspecified atom stereocenters. The molecule has 0 saturated carbocycles. The van der Waals surface area contributed by atoms with Gasteiger partial charge in [0.05, 0.1) is 5.69 Å². The fourth-order valence-corrected chi connectivity index (χ4v) is 1.73. The van der Waals surface area contributed by atoms with Crippen LogP contribution in [0.2, 0.25) is 0 Å². The summed E-state index contributed by atoms with van der Waals surface area (Å²) < 4.78 is 0. The molecule has 0 fully saturated rings. The van der Waals surface area contributed by atoms with Gasteiger partial charge in [0.15, 0.2) is 0 Å². The Hall–Kier alpha value is -1.63. The highest BCUT2D eigenvalue weighted by Gasteiger charge is 2.04. The second-order valence-electron chi connectivity index (χ2n) is 3.48. The van der Waals surface area contributed by atoms with E-state index in [2.05, 4.69) is 43.1 Å². The number of pyridine rings is 1. The number of rotatable bonds is 1. The van der Waals surface area contributed by atoms with Crippen LogP contribution in [0.15, 0.2) is 42.6 Å². The first kappa shape index (κ1) is 12.4. The van der Waals surface area contributed by atoms with Gasteiger partial charge in [0, 0.05) is 11.8 Å². The van der Waals surface area contributed by atoms with E-state index in [1.165, 1.54) is 16.7 Å². The molecule has 0 bridgehead atoms.